The van der Waals surface area contributed by atoms with Gasteiger partial charge in [0.25, 0.3) is 5.91 Å². The van der Waals surface area contributed by atoms with Crippen molar-refractivity contribution in [2.24, 2.45) is 0 Å². The first-order valence-electron chi connectivity index (χ1n) is 8.42. The molecule has 25 heavy (non-hydrogen) atoms. The number of H-pyrrole nitrogens is 1. The van der Waals surface area contributed by atoms with Gasteiger partial charge in [0.15, 0.2) is 0 Å². The largest absolute Gasteiger partial charge is 0.496 e. The van der Waals surface area contributed by atoms with Crippen molar-refractivity contribution in [2.45, 2.75) is 24.9 Å². The number of nitrogens with zero attached hydrogens (tertiary/aromatic N) is 2. The molecule has 0 unspecified atom stereocenters. The van der Waals surface area contributed by atoms with Gasteiger partial charge in [-0.05, 0) is 37.0 Å². The third-order valence-corrected chi connectivity index (χ3v) is 5.18. The summed E-state index contributed by atoms with van der Waals surface area (Å²) in [5.74, 6) is -0.309. The second-order valence-corrected chi connectivity index (χ2v) is 6.50. The van der Waals surface area contributed by atoms with Gasteiger partial charge in [-0.15, -0.1) is 0 Å². The smallest absolute Gasteiger partial charge is 0.257 e. The van der Waals surface area contributed by atoms with E-state index in [-0.39, 0.29) is 17.3 Å². The third-order valence-electron chi connectivity index (χ3n) is 5.18. The Morgan fingerprint density at radius 2 is 2.20 bits per heavy atom. The Bertz CT molecular complexity index is 797. The van der Waals surface area contributed by atoms with Crippen molar-refractivity contribution < 1.29 is 18.7 Å². The molecule has 1 N–H and O–H groups in total. The summed E-state index contributed by atoms with van der Waals surface area (Å²) in [7, 11) is 1.44. The SMILES string of the molecule is COc1cc(F)ccc1C(=O)N1CCC2(CC1)OCCc1cn[nH]c12. The van der Waals surface area contributed by atoms with Crippen molar-refractivity contribution in [2.75, 3.05) is 26.8 Å². The van der Waals surface area contributed by atoms with Gasteiger partial charge in [-0.1, -0.05) is 0 Å². The summed E-state index contributed by atoms with van der Waals surface area (Å²) in [4.78, 5) is 14.6. The number of benzene rings is 1. The van der Waals surface area contributed by atoms with Crippen molar-refractivity contribution >= 4 is 5.91 Å². The van der Waals surface area contributed by atoms with E-state index in [4.69, 9.17) is 9.47 Å². The van der Waals surface area contributed by atoms with Crippen LogP contribution in [0.25, 0.3) is 0 Å². The van der Waals surface area contributed by atoms with Crippen molar-refractivity contribution in [1.82, 2.24) is 15.1 Å². The predicted molar refractivity (Wildman–Crippen MR) is 88.0 cm³/mol. The number of likely N-dealkylation sites (tertiary alicyclic amines) is 1. The molecule has 1 fully saturated rings. The fourth-order valence-electron chi connectivity index (χ4n) is 3.80. The zero-order valence-electron chi connectivity index (χ0n) is 14.0. The number of hydrogen-bond acceptors (Lipinski definition) is 4. The molecular weight excluding hydrogens is 325 g/mol. The Morgan fingerprint density at radius 3 is 2.96 bits per heavy atom. The summed E-state index contributed by atoms with van der Waals surface area (Å²) < 4.78 is 24.6. The van der Waals surface area contributed by atoms with Gasteiger partial charge < -0.3 is 14.4 Å². The van der Waals surface area contributed by atoms with Crippen molar-refractivity contribution in [3.63, 3.8) is 0 Å². The van der Waals surface area contributed by atoms with Crippen molar-refractivity contribution in [3.8, 4) is 5.75 Å². The van der Waals surface area contributed by atoms with Gasteiger partial charge in [0.2, 0.25) is 0 Å². The molecule has 0 bridgehead atoms. The van der Waals surface area contributed by atoms with E-state index < -0.39 is 5.82 Å². The lowest BCUT2D eigenvalue weighted by Crippen LogP contribution is -2.48. The molecular formula is C18H20FN3O3. The highest BCUT2D eigenvalue weighted by atomic mass is 19.1. The highest BCUT2D eigenvalue weighted by Crippen LogP contribution is 2.40. The molecule has 1 saturated heterocycles. The van der Waals surface area contributed by atoms with E-state index in [1.165, 1.54) is 30.9 Å². The normalized spacial score (nSPS) is 18.9. The zero-order chi connectivity index (χ0) is 17.4. The van der Waals surface area contributed by atoms with Crippen LogP contribution in [0.1, 0.15) is 34.5 Å². The average Bonchev–Trinajstić information content (AvgIpc) is 3.12. The summed E-state index contributed by atoms with van der Waals surface area (Å²) in [5.41, 5.74) is 2.25. The van der Waals surface area contributed by atoms with E-state index in [9.17, 15) is 9.18 Å². The summed E-state index contributed by atoms with van der Waals surface area (Å²) in [6.45, 7) is 1.81. The molecule has 6 nitrogen and oxygen atoms in total. The molecule has 1 aromatic heterocycles. The van der Waals surface area contributed by atoms with Crippen molar-refractivity contribution in [1.29, 1.82) is 0 Å². The van der Waals surface area contributed by atoms with E-state index in [0.29, 0.717) is 38.1 Å². The lowest BCUT2D eigenvalue weighted by molar-refractivity contribution is -0.0962. The first kappa shape index (κ1) is 16.1. The minimum absolute atomic E-state index is 0.146. The maximum Gasteiger partial charge on any atom is 0.257 e. The lowest BCUT2D eigenvalue weighted by Gasteiger charge is -2.43. The molecule has 1 aromatic carbocycles. The monoisotopic (exact) mass is 345 g/mol. The van der Waals surface area contributed by atoms with Gasteiger partial charge >= 0.3 is 0 Å². The average molecular weight is 345 g/mol. The van der Waals surface area contributed by atoms with Crippen LogP contribution in [0.3, 0.4) is 0 Å². The van der Waals surface area contributed by atoms with Gasteiger partial charge in [0.1, 0.15) is 17.2 Å². The fourth-order valence-corrected chi connectivity index (χ4v) is 3.80. The van der Waals surface area contributed by atoms with E-state index in [2.05, 4.69) is 10.2 Å². The Kier molecular flexibility index (Phi) is 3.95. The lowest BCUT2D eigenvalue weighted by atomic mass is 9.83. The topological polar surface area (TPSA) is 67.4 Å². The molecule has 0 saturated carbocycles. The predicted octanol–water partition coefficient (Wildman–Crippen LogP) is 2.26. The number of fused-ring (bicyclic) bond motifs is 2. The molecule has 0 aliphatic carbocycles. The molecule has 1 spiro atoms. The van der Waals surface area contributed by atoms with Crippen LogP contribution in [-0.4, -0.2) is 47.8 Å². The van der Waals surface area contributed by atoms with Crippen LogP contribution in [0.5, 0.6) is 5.75 Å². The van der Waals surface area contributed by atoms with Gasteiger partial charge in [-0.2, -0.15) is 5.10 Å². The van der Waals surface area contributed by atoms with Crippen LogP contribution in [0, 0.1) is 5.82 Å². The van der Waals surface area contributed by atoms with Crippen molar-refractivity contribution in [3.05, 3.63) is 47.0 Å². The van der Waals surface area contributed by atoms with Crippen LogP contribution in [0.4, 0.5) is 4.39 Å². The molecule has 1 amide bonds. The van der Waals surface area contributed by atoms with E-state index in [1.807, 2.05) is 6.20 Å². The highest BCUT2D eigenvalue weighted by molar-refractivity contribution is 5.97. The van der Waals surface area contributed by atoms with Crippen LogP contribution in [-0.2, 0) is 16.8 Å². The number of hydrogen-bond donors (Lipinski definition) is 1. The number of carbonyl (C=O) groups excluding carboxylic acids is 1. The molecule has 4 rings (SSSR count). The number of aromatic nitrogens is 2. The molecule has 3 heterocycles. The van der Waals surface area contributed by atoms with Gasteiger partial charge in [-0.3, -0.25) is 9.89 Å². The van der Waals surface area contributed by atoms with E-state index >= 15 is 0 Å². The first-order chi connectivity index (χ1) is 12.1. The second kappa shape index (κ2) is 6.15. The van der Waals surface area contributed by atoms with Gasteiger partial charge in [-0.25, -0.2) is 4.39 Å². The standard InChI is InChI=1S/C18H20FN3O3/c1-24-15-10-13(19)2-3-14(15)17(23)22-7-5-18(6-8-22)16-12(4-9-25-18)11-20-21-16/h2-3,10-11H,4-9H2,1H3,(H,20,21). The van der Waals surface area contributed by atoms with Crippen LogP contribution < -0.4 is 4.74 Å². The summed E-state index contributed by atoms with van der Waals surface area (Å²) >= 11 is 0. The zero-order valence-corrected chi connectivity index (χ0v) is 14.0. The minimum atomic E-state index is -0.423. The molecule has 2 aliphatic rings. The van der Waals surface area contributed by atoms with Gasteiger partial charge in [0.05, 0.1) is 31.2 Å². The molecule has 2 aliphatic heterocycles. The molecule has 7 heteroatoms. The Balaban J connectivity index is 1.52. The van der Waals surface area contributed by atoms with E-state index in [1.54, 1.807) is 4.90 Å². The Hall–Kier alpha value is -2.41. The quantitative estimate of drug-likeness (QED) is 0.907. The molecule has 2 aromatic rings. The maximum absolute atomic E-state index is 13.4. The third kappa shape index (κ3) is 2.68. The molecule has 0 atom stereocenters. The van der Waals surface area contributed by atoms with Crippen LogP contribution in [0.15, 0.2) is 24.4 Å². The summed E-state index contributed by atoms with van der Waals surface area (Å²) in [6, 6.07) is 3.99. The number of amides is 1. The summed E-state index contributed by atoms with van der Waals surface area (Å²) in [6.07, 6.45) is 4.14. The number of carbonyl (C=O) groups is 1. The van der Waals surface area contributed by atoms with E-state index in [0.717, 1.165) is 12.1 Å². The number of piperidine rings is 1. The second-order valence-electron chi connectivity index (χ2n) is 6.50. The number of aromatic amines is 1. The Morgan fingerprint density at radius 1 is 1.40 bits per heavy atom. The number of nitrogens with one attached hydrogen (secondary N) is 1. The molecule has 132 valence electrons. The minimum Gasteiger partial charge on any atom is -0.496 e. The van der Waals surface area contributed by atoms with Gasteiger partial charge in [0, 0.05) is 19.2 Å². The number of rotatable bonds is 2. The summed E-state index contributed by atoms with van der Waals surface area (Å²) in [5, 5.41) is 7.23. The maximum atomic E-state index is 13.4. The Labute approximate surface area is 144 Å². The van der Waals surface area contributed by atoms with Crippen LogP contribution in [0.2, 0.25) is 0 Å². The molecule has 0 radical (unpaired) electrons. The number of halogens is 1. The fraction of sp³-hybridized carbons (Fsp3) is 0.444. The first-order valence-corrected chi connectivity index (χ1v) is 8.42. The van der Waals surface area contributed by atoms with Crippen LogP contribution >= 0.6 is 0 Å². The highest BCUT2D eigenvalue weighted by Gasteiger charge is 2.43. The number of ether oxygens (including phenoxy) is 2. The number of methoxy groups -OCH3 is 1.